The summed E-state index contributed by atoms with van der Waals surface area (Å²) in [4.78, 5) is 34.1. The average Bonchev–Trinajstić information content (AvgIpc) is 2.89. The van der Waals surface area contributed by atoms with Gasteiger partial charge in [0, 0.05) is 43.7 Å². The third kappa shape index (κ3) is 5.54. The molecule has 176 valence electrons. The maximum Gasteiger partial charge on any atom is 0.254 e. The lowest BCUT2D eigenvalue weighted by Gasteiger charge is -2.31. The Morgan fingerprint density at radius 3 is 2.24 bits per heavy atom. The molecule has 1 N–H and O–H groups in total. The lowest BCUT2D eigenvalue weighted by molar-refractivity contribution is -0.121. The predicted octanol–water partition coefficient (Wildman–Crippen LogP) is 2.43. The highest BCUT2D eigenvalue weighted by molar-refractivity contribution is 5.96. The molecule has 2 amide bonds. The van der Waals surface area contributed by atoms with Crippen LogP contribution < -0.4 is 19.7 Å². The minimum atomic E-state index is -0.146. The molecule has 0 radical (unpaired) electrons. The number of aromatic nitrogens is 1. The molecule has 4 rings (SSSR count). The van der Waals surface area contributed by atoms with E-state index in [9.17, 15) is 9.59 Å². The first kappa shape index (κ1) is 22.8. The summed E-state index contributed by atoms with van der Waals surface area (Å²) in [6.07, 6.45) is 2.91. The molecule has 9 heteroatoms. The highest BCUT2D eigenvalue weighted by Gasteiger charge is 2.28. The topological polar surface area (TPSA) is 93.2 Å². The molecule has 0 unspecified atom stereocenters. The third-order valence-corrected chi connectivity index (χ3v) is 6.10. The summed E-state index contributed by atoms with van der Waals surface area (Å²) in [5.41, 5.74) is 1.19. The van der Waals surface area contributed by atoms with Gasteiger partial charge in [0.05, 0.1) is 39.3 Å². The van der Waals surface area contributed by atoms with Crippen LogP contribution >= 0.6 is 0 Å². The van der Waals surface area contributed by atoms with Gasteiger partial charge >= 0.3 is 0 Å². The van der Waals surface area contributed by atoms with Crippen LogP contribution in [-0.4, -0.2) is 75.3 Å². The van der Waals surface area contributed by atoms with Crippen molar-refractivity contribution >= 4 is 23.3 Å². The number of nitrogens with zero attached hydrogens (tertiary/aromatic N) is 3. The zero-order chi connectivity index (χ0) is 23.2. The molecule has 0 atom stereocenters. The summed E-state index contributed by atoms with van der Waals surface area (Å²) in [6.45, 7) is 4.08. The van der Waals surface area contributed by atoms with Gasteiger partial charge in [-0.05, 0) is 37.1 Å². The van der Waals surface area contributed by atoms with Gasteiger partial charge in [-0.2, -0.15) is 0 Å². The van der Waals surface area contributed by atoms with E-state index in [4.69, 9.17) is 14.2 Å². The van der Waals surface area contributed by atoms with Crippen molar-refractivity contribution in [3.63, 3.8) is 0 Å². The molecule has 1 aromatic carbocycles. The van der Waals surface area contributed by atoms with Crippen LogP contribution in [0, 0.1) is 5.92 Å². The second-order valence-electron chi connectivity index (χ2n) is 8.16. The highest BCUT2D eigenvalue weighted by Crippen LogP contribution is 2.26. The zero-order valence-corrected chi connectivity index (χ0v) is 19.1. The Hall–Kier alpha value is -3.33. The molecular formula is C24H30N4O5. The Bertz CT molecular complexity index is 945. The van der Waals surface area contributed by atoms with E-state index >= 15 is 0 Å². The summed E-state index contributed by atoms with van der Waals surface area (Å²) in [5.74, 6) is 1.76. The zero-order valence-electron chi connectivity index (χ0n) is 19.1. The fourth-order valence-corrected chi connectivity index (χ4v) is 4.14. The molecule has 9 nitrogen and oxygen atoms in total. The summed E-state index contributed by atoms with van der Waals surface area (Å²) in [7, 11) is 3.11. The first-order chi connectivity index (χ1) is 16.1. The van der Waals surface area contributed by atoms with Crippen LogP contribution in [0.4, 0.5) is 11.5 Å². The van der Waals surface area contributed by atoms with Gasteiger partial charge in [-0.25, -0.2) is 4.98 Å². The first-order valence-corrected chi connectivity index (χ1v) is 11.2. The predicted molar refractivity (Wildman–Crippen MR) is 124 cm³/mol. The fourth-order valence-electron chi connectivity index (χ4n) is 4.14. The number of piperidine rings is 1. The van der Waals surface area contributed by atoms with E-state index in [2.05, 4.69) is 15.2 Å². The Labute approximate surface area is 193 Å². The Morgan fingerprint density at radius 2 is 1.67 bits per heavy atom. The summed E-state index contributed by atoms with van der Waals surface area (Å²) >= 11 is 0. The van der Waals surface area contributed by atoms with Crippen LogP contribution in [0.15, 0.2) is 36.5 Å². The SMILES string of the molecule is COc1cc(OC)cc(C(=O)N2CCC(C(=O)Nc3ccc(N4CCOCC4)nc3)CC2)c1. The summed E-state index contributed by atoms with van der Waals surface area (Å²) < 4.78 is 15.9. The number of ether oxygens (including phenoxy) is 3. The largest absolute Gasteiger partial charge is 0.497 e. The van der Waals surface area contributed by atoms with E-state index in [-0.39, 0.29) is 17.7 Å². The molecule has 0 spiro atoms. The Kier molecular flexibility index (Phi) is 7.29. The number of pyridine rings is 1. The summed E-state index contributed by atoms with van der Waals surface area (Å²) in [5, 5.41) is 2.97. The van der Waals surface area contributed by atoms with Gasteiger partial charge in [0.15, 0.2) is 0 Å². The number of carbonyl (C=O) groups excluding carboxylic acids is 2. The van der Waals surface area contributed by atoms with Crippen LogP contribution in [-0.2, 0) is 9.53 Å². The third-order valence-electron chi connectivity index (χ3n) is 6.10. The number of methoxy groups -OCH3 is 2. The number of rotatable bonds is 6. The number of amides is 2. The molecule has 0 saturated carbocycles. The van der Waals surface area contributed by atoms with Crippen molar-refractivity contribution < 1.29 is 23.8 Å². The van der Waals surface area contributed by atoms with Crippen molar-refractivity contribution in [3.8, 4) is 11.5 Å². The van der Waals surface area contributed by atoms with E-state index in [0.717, 1.165) is 18.9 Å². The highest BCUT2D eigenvalue weighted by atomic mass is 16.5. The molecule has 2 aliphatic rings. The monoisotopic (exact) mass is 454 g/mol. The van der Waals surface area contributed by atoms with Crippen LogP contribution in [0.2, 0.25) is 0 Å². The van der Waals surface area contributed by atoms with Crippen molar-refractivity contribution in [2.75, 3.05) is 63.8 Å². The second kappa shape index (κ2) is 10.5. The van der Waals surface area contributed by atoms with Gasteiger partial charge in [0.1, 0.15) is 17.3 Å². The van der Waals surface area contributed by atoms with Gasteiger partial charge in [-0.1, -0.05) is 0 Å². The van der Waals surface area contributed by atoms with E-state index in [1.54, 1.807) is 43.5 Å². The van der Waals surface area contributed by atoms with E-state index in [1.807, 2.05) is 12.1 Å². The van der Waals surface area contributed by atoms with Gasteiger partial charge < -0.3 is 29.3 Å². The first-order valence-electron chi connectivity index (χ1n) is 11.2. The number of benzene rings is 1. The number of carbonyl (C=O) groups is 2. The maximum atomic E-state index is 13.0. The molecule has 0 aliphatic carbocycles. The lowest BCUT2D eigenvalue weighted by Crippen LogP contribution is -2.41. The van der Waals surface area contributed by atoms with E-state index in [0.29, 0.717) is 61.9 Å². The molecular weight excluding hydrogens is 424 g/mol. The van der Waals surface area contributed by atoms with Crippen molar-refractivity contribution in [1.29, 1.82) is 0 Å². The number of morpholine rings is 1. The lowest BCUT2D eigenvalue weighted by atomic mass is 9.95. The van der Waals surface area contributed by atoms with Crippen molar-refractivity contribution in [2.24, 2.45) is 5.92 Å². The van der Waals surface area contributed by atoms with Gasteiger partial charge in [0.2, 0.25) is 5.91 Å². The molecule has 3 heterocycles. The Morgan fingerprint density at radius 1 is 1.00 bits per heavy atom. The molecule has 2 saturated heterocycles. The van der Waals surface area contributed by atoms with E-state index < -0.39 is 0 Å². The molecule has 2 aliphatic heterocycles. The van der Waals surface area contributed by atoms with Crippen molar-refractivity contribution in [3.05, 3.63) is 42.1 Å². The summed E-state index contributed by atoms with van der Waals surface area (Å²) in [6, 6.07) is 8.94. The molecule has 1 aromatic heterocycles. The molecule has 2 aromatic rings. The second-order valence-corrected chi connectivity index (χ2v) is 8.16. The number of anilines is 2. The Balaban J connectivity index is 1.30. The quantitative estimate of drug-likeness (QED) is 0.717. The van der Waals surface area contributed by atoms with Crippen molar-refractivity contribution in [2.45, 2.75) is 12.8 Å². The van der Waals surface area contributed by atoms with Crippen LogP contribution in [0.5, 0.6) is 11.5 Å². The normalized spacial score (nSPS) is 16.9. The molecule has 2 fully saturated rings. The van der Waals surface area contributed by atoms with Gasteiger partial charge in [-0.3, -0.25) is 9.59 Å². The number of nitrogens with one attached hydrogen (secondary N) is 1. The fraction of sp³-hybridized carbons (Fsp3) is 0.458. The van der Waals surface area contributed by atoms with Crippen LogP contribution in [0.3, 0.4) is 0 Å². The smallest absolute Gasteiger partial charge is 0.254 e. The standard InChI is InChI=1S/C24H30N4O5/c1-31-20-13-18(14-21(15-20)32-2)24(30)28-7-5-17(6-8-28)23(29)26-19-3-4-22(25-16-19)27-9-11-33-12-10-27/h3-4,13-17H,5-12H2,1-2H3,(H,26,29). The number of likely N-dealkylation sites (tertiary alicyclic amines) is 1. The number of hydrogen-bond acceptors (Lipinski definition) is 7. The van der Waals surface area contributed by atoms with Crippen molar-refractivity contribution in [1.82, 2.24) is 9.88 Å². The van der Waals surface area contributed by atoms with Crippen LogP contribution in [0.1, 0.15) is 23.2 Å². The molecule has 33 heavy (non-hydrogen) atoms. The minimum Gasteiger partial charge on any atom is -0.497 e. The van der Waals surface area contributed by atoms with Crippen LogP contribution in [0.25, 0.3) is 0 Å². The van der Waals surface area contributed by atoms with Gasteiger partial charge in [-0.15, -0.1) is 0 Å². The van der Waals surface area contributed by atoms with E-state index in [1.165, 1.54) is 0 Å². The number of hydrogen-bond donors (Lipinski definition) is 1. The maximum absolute atomic E-state index is 13.0. The molecule has 0 bridgehead atoms. The minimum absolute atomic E-state index is 0.0360. The van der Waals surface area contributed by atoms with Gasteiger partial charge in [0.25, 0.3) is 5.91 Å². The average molecular weight is 455 g/mol.